The summed E-state index contributed by atoms with van der Waals surface area (Å²) in [6.07, 6.45) is 5.07. The topological polar surface area (TPSA) is 26.3 Å². The number of para-hydroxylation sites is 1. The van der Waals surface area contributed by atoms with Gasteiger partial charge >= 0.3 is 0 Å². The van der Waals surface area contributed by atoms with Crippen LogP contribution >= 0.6 is 0 Å². The van der Waals surface area contributed by atoms with Crippen LogP contribution in [0.25, 0.3) is 0 Å². The maximum atomic E-state index is 10.3. The van der Waals surface area contributed by atoms with Gasteiger partial charge in [0.15, 0.2) is 0 Å². The van der Waals surface area contributed by atoms with Crippen LogP contribution in [0.1, 0.15) is 24.8 Å². The monoisotopic (exact) mass is 190 g/mol. The highest BCUT2D eigenvalue weighted by Gasteiger charge is 2.24. The average Bonchev–Trinajstić information content (AvgIpc) is 3.01. The van der Waals surface area contributed by atoms with Crippen molar-refractivity contribution in [3.63, 3.8) is 0 Å². The third kappa shape index (κ3) is 2.34. The van der Waals surface area contributed by atoms with Crippen molar-refractivity contribution in [3.8, 4) is 5.75 Å². The van der Waals surface area contributed by atoms with Gasteiger partial charge in [-0.3, -0.25) is 0 Å². The number of benzene rings is 1. The SMILES string of the molecule is O=CCCc1ccccc1OC1CC1. The van der Waals surface area contributed by atoms with E-state index in [2.05, 4.69) is 0 Å². The molecule has 1 aromatic rings. The zero-order valence-electron chi connectivity index (χ0n) is 8.11. The first kappa shape index (κ1) is 9.25. The fourth-order valence-electron chi connectivity index (χ4n) is 1.41. The Hall–Kier alpha value is -1.31. The summed E-state index contributed by atoms with van der Waals surface area (Å²) in [4.78, 5) is 10.3. The highest BCUT2D eigenvalue weighted by molar-refractivity contribution is 5.50. The van der Waals surface area contributed by atoms with Crippen LogP contribution in [0.2, 0.25) is 0 Å². The van der Waals surface area contributed by atoms with Crippen LogP contribution in [0, 0.1) is 0 Å². The second-order valence-corrected chi connectivity index (χ2v) is 3.63. The van der Waals surface area contributed by atoms with Gasteiger partial charge in [-0.05, 0) is 30.9 Å². The lowest BCUT2D eigenvalue weighted by Gasteiger charge is -2.09. The van der Waals surface area contributed by atoms with Crippen LogP contribution in [0.5, 0.6) is 5.75 Å². The van der Waals surface area contributed by atoms with Crippen molar-refractivity contribution in [2.75, 3.05) is 0 Å². The molecule has 0 atom stereocenters. The Morgan fingerprint density at radius 2 is 2.14 bits per heavy atom. The van der Waals surface area contributed by atoms with Crippen LogP contribution in [0.4, 0.5) is 0 Å². The smallest absolute Gasteiger partial charge is 0.122 e. The number of ether oxygens (including phenoxy) is 1. The molecule has 0 aliphatic heterocycles. The van der Waals surface area contributed by atoms with Gasteiger partial charge in [-0.25, -0.2) is 0 Å². The van der Waals surface area contributed by atoms with Crippen molar-refractivity contribution in [2.24, 2.45) is 0 Å². The van der Waals surface area contributed by atoms with Crippen LogP contribution in [0.15, 0.2) is 24.3 Å². The fourth-order valence-corrected chi connectivity index (χ4v) is 1.41. The molecule has 0 amide bonds. The summed E-state index contributed by atoms with van der Waals surface area (Å²) in [7, 11) is 0. The molecule has 1 aromatic carbocycles. The lowest BCUT2D eigenvalue weighted by Crippen LogP contribution is -1.99. The van der Waals surface area contributed by atoms with Crippen LogP contribution in [0.3, 0.4) is 0 Å². The molecule has 0 radical (unpaired) electrons. The molecule has 1 aliphatic carbocycles. The van der Waals surface area contributed by atoms with Crippen molar-refractivity contribution in [1.29, 1.82) is 0 Å². The first-order chi connectivity index (χ1) is 6.90. The van der Waals surface area contributed by atoms with Gasteiger partial charge in [0.05, 0.1) is 6.10 Å². The molecule has 0 bridgehead atoms. The summed E-state index contributed by atoms with van der Waals surface area (Å²) in [6, 6.07) is 7.97. The zero-order chi connectivity index (χ0) is 9.80. The third-order valence-corrected chi connectivity index (χ3v) is 2.32. The number of carbonyl (C=O) groups is 1. The minimum absolute atomic E-state index is 0.424. The first-order valence-electron chi connectivity index (χ1n) is 5.08. The van der Waals surface area contributed by atoms with Crippen molar-refractivity contribution in [3.05, 3.63) is 29.8 Å². The summed E-state index contributed by atoms with van der Waals surface area (Å²) in [5, 5.41) is 0. The van der Waals surface area contributed by atoms with E-state index in [0.29, 0.717) is 12.5 Å². The molecule has 0 spiro atoms. The molecule has 74 valence electrons. The Bertz CT molecular complexity index is 316. The van der Waals surface area contributed by atoms with E-state index in [1.165, 1.54) is 12.8 Å². The van der Waals surface area contributed by atoms with Gasteiger partial charge in [0, 0.05) is 6.42 Å². The summed E-state index contributed by atoms with van der Waals surface area (Å²) in [6.45, 7) is 0. The van der Waals surface area contributed by atoms with Gasteiger partial charge in [0.1, 0.15) is 12.0 Å². The number of hydrogen-bond donors (Lipinski definition) is 0. The number of aldehydes is 1. The highest BCUT2D eigenvalue weighted by Crippen LogP contribution is 2.29. The highest BCUT2D eigenvalue weighted by atomic mass is 16.5. The van der Waals surface area contributed by atoms with Crippen LogP contribution in [-0.4, -0.2) is 12.4 Å². The average molecular weight is 190 g/mol. The van der Waals surface area contributed by atoms with E-state index < -0.39 is 0 Å². The van der Waals surface area contributed by atoms with Crippen molar-refractivity contribution >= 4 is 6.29 Å². The second kappa shape index (κ2) is 4.27. The number of hydrogen-bond acceptors (Lipinski definition) is 2. The first-order valence-corrected chi connectivity index (χ1v) is 5.08. The molecule has 2 nitrogen and oxygen atoms in total. The Morgan fingerprint density at radius 3 is 2.86 bits per heavy atom. The maximum Gasteiger partial charge on any atom is 0.122 e. The summed E-state index contributed by atoms with van der Waals surface area (Å²) in [5.74, 6) is 0.955. The molecule has 2 rings (SSSR count). The number of rotatable bonds is 5. The zero-order valence-corrected chi connectivity index (χ0v) is 8.11. The van der Waals surface area contributed by atoms with Gasteiger partial charge in [-0.15, -0.1) is 0 Å². The van der Waals surface area contributed by atoms with Gasteiger partial charge in [0.25, 0.3) is 0 Å². The predicted octanol–water partition coefficient (Wildman–Crippen LogP) is 2.36. The van der Waals surface area contributed by atoms with Crippen LogP contribution in [-0.2, 0) is 11.2 Å². The Morgan fingerprint density at radius 1 is 1.36 bits per heavy atom. The second-order valence-electron chi connectivity index (χ2n) is 3.63. The molecule has 0 saturated heterocycles. The molecule has 2 heteroatoms. The van der Waals surface area contributed by atoms with Crippen LogP contribution < -0.4 is 4.74 Å². The lowest BCUT2D eigenvalue weighted by atomic mass is 10.1. The minimum Gasteiger partial charge on any atom is -0.490 e. The van der Waals surface area contributed by atoms with Crippen molar-refractivity contribution in [2.45, 2.75) is 31.8 Å². The van der Waals surface area contributed by atoms with Gasteiger partial charge in [-0.2, -0.15) is 0 Å². The van der Waals surface area contributed by atoms with Gasteiger partial charge in [-0.1, -0.05) is 18.2 Å². The minimum atomic E-state index is 0.424. The molecule has 0 N–H and O–H groups in total. The molecular weight excluding hydrogens is 176 g/mol. The Labute approximate surface area is 83.9 Å². The van der Waals surface area contributed by atoms with Crippen molar-refractivity contribution in [1.82, 2.24) is 0 Å². The van der Waals surface area contributed by atoms with Crippen molar-refractivity contribution < 1.29 is 9.53 Å². The largest absolute Gasteiger partial charge is 0.490 e. The predicted molar refractivity (Wildman–Crippen MR) is 54.5 cm³/mol. The number of aryl methyl sites for hydroxylation is 1. The van der Waals surface area contributed by atoms with E-state index in [0.717, 1.165) is 24.0 Å². The number of carbonyl (C=O) groups excluding carboxylic acids is 1. The van der Waals surface area contributed by atoms with E-state index in [-0.39, 0.29) is 0 Å². The Kier molecular flexibility index (Phi) is 2.82. The summed E-state index contributed by atoms with van der Waals surface area (Å²) < 4.78 is 5.74. The fraction of sp³-hybridized carbons (Fsp3) is 0.417. The Balaban J connectivity index is 2.05. The normalized spacial score (nSPS) is 15.1. The molecule has 0 heterocycles. The molecule has 1 saturated carbocycles. The molecular formula is C12H14O2. The summed E-state index contributed by atoms with van der Waals surface area (Å²) in [5.41, 5.74) is 1.14. The quantitative estimate of drug-likeness (QED) is 0.666. The lowest BCUT2D eigenvalue weighted by molar-refractivity contribution is -0.107. The van der Waals surface area contributed by atoms with E-state index in [1.807, 2.05) is 24.3 Å². The standard InChI is InChI=1S/C12H14O2/c13-9-3-5-10-4-1-2-6-12(10)14-11-7-8-11/h1-2,4,6,9,11H,3,5,7-8H2. The third-order valence-electron chi connectivity index (χ3n) is 2.32. The molecule has 0 aromatic heterocycles. The van der Waals surface area contributed by atoms with Gasteiger partial charge in [0.2, 0.25) is 0 Å². The molecule has 1 aliphatic rings. The van der Waals surface area contributed by atoms with E-state index in [1.54, 1.807) is 0 Å². The molecule has 0 unspecified atom stereocenters. The molecule has 1 fully saturated rings. The summed E-state index contributed by atoms with van der Waals surface area (Å²) >= 11 is 0. The van der Waals surface area contributed by atoms with E-state index in [9.17, 15) is 4.79 Å². The molecule has 14 heavy (non-hydrogen) atoms. The van der Waals surface area contributed by atoms with E-state index >= 15 is 0 Å². The maximum absolute atomic E-state index is 10.3. The van der Waals surface area contributed by atoms with Gasteiger partial charge < -0.3 is 9.53 Å². The van der Waals surface area contributed by atoms with E-state index in [4.69, 9.17) is 4.74 Å².